The molecule has 2 aromatic carbocycles. The monoisotopic (exact) mass is 421 g/mol. The van der Waals surface area contributed by atoms with Gasteiger partial charge >= 0.3 is 0 Å². The van der Waals surface area contributed by atoms with Crippen LogP contribution in [0.4, 0.5) is 0 Å². The van der Waals surface area contributed by atoms with Crippen LogP contribution in [0, 0.1) is 0 Å². The lowest BCUT2D eigenvalue weighted by Crippen LogP contribution is -2.28. The first-order valence-electron chi connectivity index (χ1n) is 9.58. The Morgan fingerprint density at radius 2 is 1.84 bits per heavy atom. The third-order valence-electron chi connectivity index (χ3n) is 4.25. The van der Waals surface area contributed by atoms with Gasteiger partial charge in [0, 0.05) is 7.11 Å². The van der Waals surface area contributed by atoms with Crippen LogP contribution in [0.5, 0.6) is 5.75 Å². The second-order valence-corrected chi connectivity index (χ2v) is 6.47. The van der Waals surface area contributed by atoms with Crippen LogP contribution in [0.25, 0.3) is 0 Å². The highest BCUT2D eigenvalue weighted by Crippen LogP contribution is 2.16. The van der Waals surface area contributed by atoms with Gasteiger partial charge in [0.15, 0.2) is 12.7 Å². The number of nitrogens with zero attached hydrogens (tertiary/aromatic N) is 1. The maximum Gasteiger partial charge on any atom is 0.273 e. The maximum absolute atomic E-state index is 12.3. The van der Waals surface area contributed by atoms with Crippen LogP contribution in [0.1, 0.15) is 23.0 Å². The molecule has 3 rings (SSSR count). The van der Waals surface area contributed by atoms with Crippen molar-refractivity contribution in [3.63, 3.8) is 0 Å². The van der Waals surface area contributed by atoms with E-state index >= 15 is 0 Å². The van der Waals surface area contributed by atoms with E-state index in [2.05, 4.69) is 15.8 Å². The molecule has 8 heteroatoms. The number of hydrazone groups is 1. The van der Waals surface area contributed by atoms with Crippen molar-refractivity contribution in [3.05, 3.63) is 89.9 Å². The molecule has 160 valence electrons. The number of hydrogen-bond donors (Lipinski definition) is 2. The molecule has 0 aliphatic rings. The van der Waals surface area contributed by atoms with Gasteiger partial charge in [-0.05, 0) is 47.5 Å². The summed E-state index contributed by atoms with van der Waals surface area (Å²) in [5.41, 5.74) is 3.97. The standard InChI is InChI=1S/C23H23N3O5/c1-29-22(18-6-3-2-4-7-18)23(28)26-25-14-17-9-11-19(12-10-17)31-16-21(27)24-15-20-8-5-13-30-20/h2-14,22H,15-16H2,1H3,(H,24,27)(H,26,28)/b25-14-/t22-/m1/s1. The highest BCUT2D eigenvalue weighted by Gasteiger charge is 2.19. The third kappa shape index (κ3) is 6.83. The van der Waals surface area contributed by atoms with Gasteiger partial charge in [-0.2, -0.15) is 5.10 Å². The van der Waals surface area contributed by atoms with E-state index in [-0.39, 0.29) is 18.4 Å². The highest BCUT2D eigenvalue weighted by atomic mass is 16.5. The number of carbonyl (C=O) groups excluding carboxylic acids is 2. The minimum absolute atomic E-state index is 0.109. The molecule has 0 aliphatic carbocycles. The molecule has 1 heterocycles. The van der Waals surface area contributed by atoms with Crippen LogP contribution < -0.4 is 15.5 Å². The number of nitrogens with one attached hydrogen (secondary N) is 2. The van der Waals surface area contributed by atoms with Crippen LogP contribution in [0.3, 0.4) is 0 Å². The summed E-state index contributed by atoms with van der Waals surface area (Å²) in [5.74, 6) is 0.587. The van der Waals surface area contributed by atoms with E-state index in [0.29, 0.717) is 18.1 Å². The number of rotatable bonds is 10. The smallest absolute Gasteiger partial charge is 0.273 e. The molecule has 0 aliphatic heterocycles. The van der Waals surface area contributed by atoms with E-state index in [0.717, 1.165) is 11.1 Å². The first-order chi connectivity index (χ1) is 15.2. The molecule has 1 aromatic heterocycles. The average molecular weight is 421 g/mol. The summed E-state index contributed by atoms with van der Waals surface area (Å²) >= 11 is 0. The van der Waals surface area contributed by atoms with Crippen LogP contribution in [0.2, 0.25) is 0 Å². The van der Waals surface area contributed by atoms with Crippen LogP contribution in [-0.2, 0) is 20.9 Å². The number of furan rings is 1. The number of ether oxygens (including phenoxy) is 2. The van der Waals surface area contributed by atoms with E-state index in [1.54, 1.807) is 42.7 Å². The van der Waals surface area contributed by atoms with Gasteiger partial charge in [-0.1, -0.05) is 30.3 Å². The molecule has 2 N–H and O–H groups in total. The normalized spacial score (nSPS) is 11.8. The summed E-state index contributed by atoms with van der Waals surface area (Å²) in [6, 6.07) is 19.7. The molecule has 0 bridgehead atoms. The lowest BCUT2D eigenvalue weighted by molar-refractivity contribution is -0.131. The molecule has 3 aromatic rings. The van der Waals surface area contributed by atoms with Gasteiger partial charge in [0.2, 0.25) is 0 Å². The fourth-order valence-corrected chi connectivity index (χ4v) is 2.70. The number of carbonyl (C=O) groups is 2. The van der Waals surface area contributed by atoms with E-state index < -0.39 is 6.10 Å². The SMILES string of the molecule is CO[C@@H](C(=O)N/N=C\c1ccc(OCC(=O)NCc2ccco2)cc1)c1ccccc1. The Balaban J connectivity index is 1.43. The zero-order valence-electron chi connectivity index (χ0n) is 17.0. The second kappa shape index (κ2) is 11.3. The molecule has 0 radical (unpaired) electrons. The molecule has 0 saturated heterocycles. The summed E-state index contributed by atoms with van der Waals surface area (Å²) in [7, 11) is 1.47. The molecule has 0 spiro atoms. The van der Waals surface area contributed by atoms with E-state index in [4.69, 9.17) is 13.9 Å². The van der Waals surface area contributed by atoms with Crippen molar-refractivity contribution in [2.75, 3.05) is 13.7 Å². The van der Waals surface area contributed by atoms with Crippen LogP contribution in [-0.4, -0.2) is 31.7 Å². The first kappa shape index (κ1) is 21.8. The lowest BCUT2D eigenvalue weighted by Gasteiger charge is -2.13. The molecular formula is C23H23N3O5. The molecule has 0 saturated carbocycles. The second-order valence-electron chi connectivity index (χ2n) is 6.47. The number of amides is 2. The Kier molecular flexibility index (Phi) is 7.96. The molecule has 8 nitrogen and oxygen atoms in total. The van der Waals surface area contributed by atoms with Gasteiger partial charge in [-0.3, -0.25) is 9.59 Å². The van der Waals surface area contributed by atoms with E-state index in [1.807, 2.05) is 30.3 Å². The zero-order chi connectivity index (χ0) is 21.9. The van der Waals surface area contributed by atoms with Crippen molar-refractivity contribution in [1.29, 1.82) is 0 Å². The molecule has 0 unspecified atom stereocenters. The van der Waals surface area contributed by atoms with Gasteiger partial charge in [0.05, 0.1) is 19.0 Å². The summed E-state index contributed by atoms with van der Waals surface area (Å²) in [4.78, 5) is 24.1. The number of benzene rings is 2. The minimum Gasteiger partial charge on any atom is -0.484 e. The van der Waals surface area contributed by atoms with E-state index in [9.17, 15) is 9.59 Å². The fraction of sp³-hybridized carbons (Fsp3) is 0.174. The Morgan fingerprint density at radius 1 is 1.06 bits per heavy atom. The van der Waals surface area contributed by atoms with Crippen molar-refractivity contribution in [2.24, 2.45) is 5.10 Å². The Morgan fingerprint density at radius 3 is 2.52 bits per heavy atom. The lowest BCUT2D eigenvalue weighted by atomic mass is 10.1. The molecule has 1 atom stereocenters. The van der Waals surface area contributed by atoms with Gasteiger partial charge in [0.25, 0.3) is 11.8 Å². The summed E-state index contributed by atoms with van der Waals surface area (Å²) < 4.78 is 15.9. The zero-order valence-corrected chi connectivity index (χ0v) is 17.0. The number of hydrogen-bond acceptors (Lipinski definition) is 6. The molecule has 0 fully saturated rings. The quantitative estimate of drug-likeness (QED) is 0.387. The maximum atomic E-state index is 12.3. The predicted octanol–water partition coefficient (Wildman–Crippen LogP) is 2.81. The first-order valence-corrected chi connectivity index (χ1v) is 9.58. The van der Waals surface area contributed by atoms with Gasteiger partial charge in [-0.15, -0.1) is 0 Å². The summed E-state index contributed by atoms with van der Waals surface area (Å²) in [6.45, 7) is 0.201. The van der Waals surface area contributed by atoms with Crippen molar-refractivity contribution >= 4 is 18.0 Å². The Bertz CT molecular complexity index is 986. The topological polar surface area (TPSA) is 102 Å². The molecule has 2 amide bonds. The minimum atomic E-state index is -0.743. The van der Waals surface area contributed by atoms with Crippen LogP contribution >= 0.6 is 0 Å². The largest absolute Gasteiger partial charge is 0.484 e. The molecule has 31 heavy (non-hydrogen) atoms. The third-order valence-corrected chi connectivity index (χ3v) is 4.25. The van der Waals surface area contributed by atoms with Crippen molar-refractivity contribution in [1.82, 2.24) is 10.7 Å². The van der Waals surface area contributed by atoms with Crippen molar-refractivity contribution in [3.8, 4) is 5.75 Å². The van der Waals surface area contributed by atoms with Gasteiger partial charge in [-0.25, -0.2) is 5.43 Å². The van der Waals surface area contributed by atoms with Crippen molar-refractivity contribution in [2.45, 2.75) is 12.6 Å². The summed E-state index contributed by atoms with van der Waals surface area (Å²) in [5, 5.41) is 6.67. The van der Waals surface area contributed by atoms with Crippen LogP contribution in [0.15, 0.2) is 82.5 Å². The fourth-order valence-electron chi connectivity index (χ4n) is 2.70. The summed E-state index contributed by atoms with van der Waals surface area (Å²) in [6.07, 6.45) is 2.32. The highest BCUT2D eigenvalue weighted by molar-refractivity contribution is 5.85. The number of methoxy groups -OCH3 is 1. The van der Waals surface area contributed by atoms with E-state index in [1.165, 1.54) is 13.3 Å². The Hall–Kier alpha value is -3.91. The predicted molar refractivity (Wildman–Crippen MR) is 114 cm³/mol. The van der Waals surface area contributed by atoms with Gasteiger partial charge in [0.1, 0.15) is 11.5 Å². The molecular weight excluding hydrogens is 398 g/mol. The Labute approximate surface area is 179 Å². The average Bonchev–Trinajstić information content (AvgIpc) is 3.32. The van der Waals surface area contributed by atoms with Gasteiger partial charge < -0.3 is 19.2 Å². The van der Waals surface area contributed by atoms with Crippen molar-refractivity contribution < 1.29 is 23.5 Å².